The maximum atomic E-state index is 12.5. The van der Waals surface area contributed by atoms with Gasteiger partial charge in [-0.25, -0.2) is 0 Å². The van der Waals surface area contributed by atoms with Crippen LogP contribution in [0.3, 0.4) is 0 Å². The Morgan fingerprint density at radius 3 is 2.43 bits per heavy atom. The van der Waals surface area contributed by atoms with Gasteiger partial charge in [-0.15, -0.1) is 4.72 Å². The molecule has 2 aromatic rings. The lowest BCUT2D eigenvalue weighted by molar-refractivity contribution is 0.532. The van der Waals surface area contributed by atoms with Crippen molar-refractivity contribution in [2.45, 2.75) is 45.4 Å². The lowest BCUT2D eigenvalue weighted by Crippen LogP contribution is -2.40. The highest BCUT2D eigenvalue weighted by atomic mass is 35.5. The molecule has 1 N–H and O–H groups in total. The normalized spacial score (nSPS) is 15.0. The van der Waals surface area contributed by atoms with Gasteiger partial charge >= 0.3 is 0 Å². The summed E-state index contributed by atoms with van der Waals surface area (Å²) in [4.78, 5) is 12.5. The van der Waals surface area contributed by atoms with Crippen LogP contribution in [0.15, 0.2) is 23.0 Å². The molecule has 23 heavy (non-hydrogen) atoms. The second-order valence-electron chi connectivity index (χ2n) is 6.87. The maximum Gasteiger partial charge on any atom is 0.259 e. The number of aromatic nitrogens is 1. The fourth-order valence-corrected chi connectivity index (χ4v) is 3.40. The van der Waals surface area contributed by atoms with E-state index in [1.54, 1.807) is 13.1 Å². The number of rotatable bonds is 3. The summed E-state index contributed by atoms with van der Waals surface area (Å²) in [6.07, 6.45) is 0. The third-order valence-electron chi connectivity index (χ3n) is 3.78. The van der Waals surface area contributed by atoms with E-state index in [1.165, 1.54) is 4.57 Å². The number of pyridine rings is 1. The minimum Gasteiger partial charge on any atom is -0.598 e. The topological polar surface area (TPSA) is 57.1 Å². The van der Waals surface area contributed by atoms with Crippen molar-refractivity contribution in [3.63, 3.8) is 0 Å². The number of nitrogens with one attached hydrogen (secondary N) is 1. The van der Waals surface area contributed by atoms with Crippen LogP contribution in [0.25, 0.3) is 10.8 Å². The SMILES string of the molecule is Cc1cc(C(C)N[S+]([O-])C(C)(C)C)c2cc(Cl)n(C)c(=O)c2c1. The Labute approximate surface area is 145 Å². The Morgan fingerprint density at radius 2 is 1.87 bits per heavy atom. The zero-order chi connectivity index (χ0) is 17.5. The summed E-state index contributed by atoms with van der Waals surface area (Å²) in [7, 11) is 1.66. The first-order valence-electron chi connectivity index (χ1n) is 7.50. The van der Waals surface area contributed by atoms with E-state index in [0.717, 1.165) is 16.5 Å². The molecule has 6 heteroatoms. The summed E-state index contributed by atoms with van der Waals surface area (Å²) in [5, 5.41) is 1.81. The Balaban J connectivity index is 2.59. The van der Waals surface area contributed by atoms with E-state index in [2.05, 4.69) is 4.72 Å². The van der Waals surface area contributed by atoms with Gasteiger partial charge < -0.3 is 9.12 Å². The first-order valence-corrected chi connectivity index (χ1v) is 9.03. The lowest BCUT2D eigenvalue weighted by Gasteiger charge is -2.27. The average Bonchev–Trinajstić information content (AvgIpc) is 2.44. The van der Waals surface area contributed by atoms with Crippen molar-refractivity contribution in [3.8, 4) is 0 Å². The van der Waals surface area contributed by atoms with Gasteiger partial charge in [0.1, 0.15) is 9.90 Å². The molecule has 0 amide bonds. The van der Waals surface area contributed by atoms with Gasteiger partial charge in [-0.1, -0.05) is 17.7 Å². The number of benzene rings is 1. The molecule has 126 valence electrons. The zero-order valence-corrected chi connectivity index (χ0v) is 15.9. The molecule has 0 fully saturated rings. The van der Waals surface area contributed by atoms with Gasteiger partial charge in [0.25, 0.3) is 5.56 Å². The highest BCUT2D eigenvalue weighted by Gasteiger charge is 2.29. The van der Waals surface area contributed by atoms with E-state index in [-0.39, 0.29) is 16.3 Å². The fourth-order valence-electron chi connectivity index (χ4n) is 2.42. The van der Waals surface area contributed by atoms with Crippen LogP contribution in [-0.2, 0) is 18.4 Å². The van der Waals surface area contributed by atoms with Crippen LogP contribution < -0.4 is 10.3 Å². The molecule has 0 spiro atoms. The molecule has 2 unspecified atom stereocenters. The monoisotopic (exact) mass is 354 g/mol. The molecule has 1 aromatic heterocycles. The summed E-state index contributed by atoms with van der Waals surface area (Å²) in [5.41, 5.74) is 1.79. The Morgan fingerprint density at radius 1 is 1.26 bits per heavy atom. The molecule has 0 radical (unpaired) electrons. The van der Waals surface area contributed by atoms with Crippen molar-refractivity contribution in [2.24, 2.45) is 7.05 Å². The third-order valence-corrected chi connectivity index (χ3v) is 5.82. The third kappa shape index (κ3) is 3.74. The van der Waals surface area contributed by atoms with Crippen molar-refractivity contribution >= 4 is 33.7 Å². The van der Waals surface area contributed by atoms with Crippen molar-refractivity contribution in [1.29, 1.82) is 0 Å². The number of aryl methyl sites for hydroxylation is 1. The van der Waals surface area contributed by atoms with Crippen LogP contribution in [-0.4, -0.2) is 13.9 Å². The molecule has 1 heterocycles. The van der Waals surface area contributed by atoms with E-state index in [9.17, 15) is 9.35 Å². The van der Waals surface area contributed by atoms with Gasteiger partial charge in [-0.05, 0) is 63.3 Å². The van der Waals surface area contributed by atoms with E-state index in [1.807, 2.05) is 46.8 Å². The number of hydrogen-bond donors (Lipinski definition) is 1. The molecule has 0 aliphatic rings. The van der Waals surface area contributed by atoms with E-state index in [0.29, 0.717) is 10.5 Å². The highest BCUT2D eigenvalue weighted by Crippen LogP contribution is 2.28. The predicted octanol–water partition coefficient (Wildman–Crippen LogP) is 3.61. The second kappa shape index (κ2) is 6.48. The number of fused-ring (bicyclic) bond motifs is 1. The van der Waals surface area contributed by atoms with Crippen molar-refractivity contribution in [1.82, 2.24) is 9.29 Å². The Bertz CT molecular complexity index is 796. The van der Waals surface area contributed by atoms with Gasteiger partial charge in [0.2, 0.25) is 0 Å². The summed E-state index contributed by atoms with van der Waals surface area (Å²) in [6.45, 7) is 9.66. The standard InChI is InChI=1S/C17H23ClN2O2S/c1-10-7-12(11(2)19-23(22)17(3,4)5)13-9-15(18)20(6)16(21)14(13)8-10/h7-9,11,19H,1-6H3. The predicted molar refractivity (Wildman–Crippen MR) is 98.4 cm³/mol. The largest absolute Gasteiger partial charge is 0.598 e. The van der Waals surface area contributed by atoms with Gasteiger partial charge in [-0.3, -0.25) is 4.79 Å². The van der Waals surface area contributed by atoms with Crippen LogP contribution in [0.4, 0.5) is 0 Å². The molecule has 1 aromatic carbocycles. The molecule has 4 nitrogen and oxygen atoms in total. The van der Waals surface area contributed by atoms with Crippen LogP contribution in [0.1, 0.15) is 44.9 Å². The molecular formula is C17H23ClN2O2S. The Kier molecular flexibility index (Phi) is 5.16. The Hall–Kier alpha value is -1.01. The number of nitrogens with zero attached hydrogens (tertiary/aromatic N) is 1. The fraction of sp³-hybridized carbons (Fsp3) is 0.471. The van der Waals surface area contributed by atoms with E-state index in [4.69, 9.17) is 11.6 Å². The smallest absolute Gasteiger partial charge is 0.259 e. The van der Waals surface area contributed by atoms with E-state index < -0.39 is 11.4 Å². The maximum absolute atomic E-state index is 12.5. The van der Waals surface area contributed by atoms with Crippen LogP contribution >= 0.6 is 11.6 Å². The van der Waals surface area contributed by atoms with Gasteiger partial charge in [0, 0.05) is 23.8 Å². The molecule has 2 atom stereocenters. The van der Waals surface area contributed by atoms with Crippen LogP contribution in [0.2, 0.25) is 5.15 Å². The summed E-state index contributed by atoms with van der Waals surface area (Å²) in [5.74, 6) is 0. The van der Waals surface area contributed by atoms with Crippen molar-refractivity contribution in [3.05, 3.63) is 44.8 Å². The number of halogens is 1. The minimum absolute atomic E-state index is 0.124. The lowest BCUT2D eigenvalue weighted by atomic mass is 9.98. The molecule has 2 rings (SSSR count). The summed E-state index contributed by atoms with van der Waals surface area (Å²) in [6, 6.07) is 5.51. The molecular weight excluding hydrogens is 332 g/mol. The highest BCUT2D eigenvalue weighted by molar-refractivity contribution is 7.90. The summed E-state index contributed by atoms with van der Waals surface area (Å²) < 4.78 is 16.6. The second-order valence-corrected chi connectivity index (χ2v) is 9.25. The molecule has 0 aliphatic heterocycles. The van der Waals surface area contributed by atoms with E-state index >= 15 is 0 Å². The van der Waals surface area contributed by atoms with Gasteiger partial charge in [-0.2, -0.15) is 0 Å². The molecule has 0 bridgehead atoms. The van der Waals surface area contributed by atoms with Gasteiger partial charge in [0.15, 0.2) is 0 Å². The molecule has 0 saturated heterocycles. The first kappa shape index (κ1) is 18.3. The first-order chi connectivity index (χ1) is 10.5. The van der Waals surface area contributed by atoms with Crippen molar-refractivity contribution < 1.29 is 4.55 Å². The molecule has 0 aliphatic carbocycles. The minimum atomic E-state index is -1.20. The van der Waals surface area contributed by atoms with Gasteiger partial charge in [0.05, 0.1) is 6.04 Å². The van der Waals surface area contributed by atoms with Crippen LogP contribution in [0.5, 0.6) is 0 Å². The van der Waals surface area contributed by atoms with Crippen LogP contribution in [0, 0.1) is 6.92 Å². The number of hydrogen-bond acceptors (Lipinski definition) is 3. The zero-order valence-electron chi connectivity index (χ0n) is 14.4. The average molecular weight is 355 g/mol. The van der Waals surface area contributed by atoms with Crippen molar-refractivity contribution in [2.75, 3.05) is 0 Å². The summed E-state index contributed by atoms with van der Waals surface area (Å²) >= 11 is 4.97. The quantitative estimate of drug-likeness (QED) is 0.676. The molecule has 0 saturated carbocycles.